The van der Waals surface area contributed by atoms with Gasteiger partial charge in [0.1, 0.15) is 6.10 Å². The Kier molecular flexibility index (Phi) is 9.38. The number of ether oxygens (including phenoxy) is 3. The SMILES string of the molecule is CCCCOCC1O[C@@H](O)[C@@H](O)C(OCCCC)[C@H]1N=[N+]=[N-]. The van der Waals surface area contributed by atoms with Crippen molar-refractivity contribution < 1.29 is 24.4 Å². The van der Waals surface area contributed by atoms with Gasteiger partial charge in [0.15, 0.2) is 6.29 Å². The molecule has 2 unspecified atom stereocenters. The summed E-state index contributed by atoms with van der Waals surface area (Å²) in [7, 11) is 0. The second kappa shape index (κ2) is 10.8. The van der Waals surface area contributed by atoms with Crippen LogP contribution in [0.1, 0.15) is 39.5 Å². The van der Waals surface area contributed by atoms with Crippen LogP contribution in [0.15, 0.2) is 5.11 Å². The van der Waals surface area contributed by atoms with Crippen molar-refractivity contribution in [3.05, 3.63) is 10.4 Å². The van der Waals surface area contributed by atoms with Gasteiger partial charge < -0.3 is 24.4 Å². The normalized spacial score (nSPS) is 31.7. The minimum atomic E-state index is -1.38. The lowest BCUT2D eigenvalue weighted by atomic mass is 9.97. The summed E-state index contributed by atoms with van der Waals surface area (Å²) in [5.41, 5.74) is 8.75. The molecule has 0 aromatic carbocycles. The van der Waals surface area contributed by atoms with Crippen molar-refractivity contribution in [1.82, 2.24) is 0 Å². The van der Waals surface area contributed by atoms with E-state index in [1.54, 1.807) is 0 Å². The quantitative estimate of drug-likeness (QED) is 0.275. The van der Waals surface area contributed by atoms with E-state index in [1.807, 2.05) is 6.92 Å². The van der Waals surface area contributed by atoms with Crippen LogP contribution in [0.2, 0.25) is 0 Å². The van der Waals surface area contributed by atoms with Crippen molar-refractivity contribution in [1.29, 1.82) is 0 Å². The third-order valence-electron chi connectivity index (χ3n) is 3.58. The molecule has 1 heterocycles. The number of aliphatic hydroxyl groups is 2. The average molecular weight is 317 g/mol. The van der Waals surface area contributed by atoms with Crippen LogP contribution in [0, 0.1) is 0 Å². The van der Waals surface area contributed by atoms with Crippen molar-refractivity contribution in [2.75, 3.05) is 19.8 Å². The molecule has 0 bridgehead atoms. The smallest absolute Gasteiger partial charge is 0.183 e. The summed E-state index contributed by atoms with van der Waals surface area (Å²) in [6, 6.07) is -0.734. The molecule has 22 heavy (non-hydrogen) atoms. The summed E-state index contributed by atoms with van der Waals surface area (Å²) >= 11 is 0. The van der Waals surface area contributed by atoms with E-state index in [0.29, 0.717) is 13.2 Å². The largest absolute Gasteiger partial charge is 0.385 e. The molecule has 1 aliphatic heterocycles. The number of hydrogen-bond donors (Lipinski definition) is 2. The second-order valence-corrected chi connectivity index (χ2v) is 5.37. The van der Waals surface area contributed by atoms with Crippen molar-refractivity contribution in [3.8, 4) is 0 Å². The number of nitrogens with zero attached hydrogens (tertiary/aromatic N) is 3. The first-order valence-corrected chi connectivity index (χ1v) is 7.90. The Morgan fingerprint density at radius 3 is 2.50 bits per heavy atom. The van der Waals surface area contributed by atoms with Gasteiger partial charge in [-0.1, -0.05) is 31.8 Å². The van der Waals surface area contributed by atoms with Gasteiger partial charge in [0.25, 0.3) is 0 Å². The molecular weight excluding hydrogens is 290 g/mol. The maximum Gasteiger partial charge on any atom is 0.183 e. The lowest BCUT2D eigenvalue weighted by Gasteiger charge is -2.41. The molecule has 0 spiro atoms. The molecule has 0 radical (unpaired) electrons. The topological polar surface area (TPSA) is 117 Å². The van der Waals surface area contributed by atoms with Gasteiger partial charge in [-0.15, -0.1) is 0 Å². The fraction of sp³-hybridized carbons (Fsp3) is 1.00. The Morgan fingerprint density at radius 2 is 1.86 bits per heavy atom. The number of hydrogen-bond acceptors (Lipinski definition) is 6. The van der Waals surface area contributed by atoms with Crippen molar-refractivity contribution in [2.24, 2.45) is 5.11 Å². The summed E-state index contributed by atoms with van der Waals surface area (Å²) in [4.78, 5) is 2.81. The lowest BCUT2D eigenvalue weighted by molar-refractivity contribution is -0.268. The van der Waals surface area contributed by atoms with Crippen molar-refractivity contribution >= 4 is 0 Å². The Balaban J connectivity index is 2.70. The van der Waals surface area contributed by atoms with Gasteiger partial charge in [0.05, 0.1) is 24.9 Å². The molecule has 128 valence electrons. The van der Waals surface area contributed by atoms with Crippen molar-refractivity contribution in [3.63, 3.8) is 0 Å². The van der Waals surface area contributed by atoms with Crippen LogP contribution < -0.4 is 0 Å². The molecule has 0 saturated carbocycles. The van der Waals surface area contributed by atoms with Crippen molar-refractivity contribution in [2.45, 2.75) is 70.2 Å². The third-order valence-corrected chi connectivity index (χ3v) is 3.58. The molecule has 1 fully saturated rings. The van der Waals surface area contributed by atoms with Gasteiger partial charge in [-0.05, 0) is 18.4 Å². The predicted molar refractivity (Wildman–Crippen MR) is 80.2 cm³/mol. The summed E-state index contributed by atoms with van der Waals surface area (Å²) in [5.74, 6) is 0. The van der Waals surface area contributed by atoms with Crippen LogP contribution in [-0.2, 0) is 14.2 Å². The average Bonchev–Trinajstić information content (AvgIpc) is 2.51. The van der Waals surface area contributed by atoms with Gasteiger partial charge >= 0.3 is 0 Å². The minimum Gasteiger partial charge on any atom is -0.385 e. The number of aliphatic hydroxyl groups excluding tert-OH is 2. The number of unbranched alkanes of at least 4 members (excludes halogenated alkanes) is 2. The summed E-state index contributed by atoms with van der Waals surface area (Å²) < 4.78 is 16.4. The van der Waals surface area contributed by atoms with E-state index in [-0.39, 0.29) is 6.61 Å². The summed E-state index contributed by atoms with van der Waals surface area (Å²) in [6.45, 7) is 5.25. The van der Waals surface area contributed by atoms with Crippen LogP contribution in [0.4, 0.5) is 0 Å². The zero-order chi connectivity index (χ0) is 16.4. The van der Waals surface area contributed by atoms with Gasteiger partial charge in [0.2, 0.25) is 0 Å². The van der Waals surface area contributed by atoms with E-state index in [9.17, 15) is 10.2 Å². The van der Waals surface area contributed by atoms with Crippen LogP contribution in [0.25, 0.3) is 10.4 Å². The predicted octanol–water partition coefficient (Wildman–Crippen LogP) is 1.75. The summed E-state index contributed by atoms with van der Waals surface area (Å²) in [6.07, 6.45) is -0.381. The Morgan fingerprint density at radius 1 is 1.18 bits per heavy atom. The molecule has 0 aliphatic carbocycles. The molecular formula is C14H27N3O5. The fourth-order valence-corrected chi connectivity index (χ4v) is 2.26. The van der Waals surface area contributed by atoms with E-state index in [2.05, 4.69) is 16.9 Å². The number of azide groups is 1. The lowest BCUT2D eigenvalue weighted by Crippen LogP contribution is -2.58. The Hall–Kier alpha value is -0.890. The fourth-order valence-electron chi connectivity index (χ4n) is 2.26. The second-order valence-electron chi connectivity index (χ2n) is 5.37. The van der Waals surface area contributed by atoms with E-state index >= 15 is 0 Å². The molecule has 0 aromatic heterocycles. The van der Waals surface area contributed by atoms with Gasteiger partial charge in [-0.3, -0.25) is 0 Å². The van der Waals surface area contributed by atoms with Crippen LogP contribution in [0.3, 0.4) is 0 Å². The minimum absolute atomic E-state index is 0.182. The molecule has 0 aromatic rings. The van der Waals surface area contributed by atoms with Crippen LogP contribution in [0.5, 0.6) is 0 Å². The standard InChI is InChI=1S/C14H27N3O5/c1-3-5-7-20-9-10-11(16-17-15)13(21-8-6-4-2)12(18)14(19)22-10/h10-14,18-19H,3-9H2,1-2H3/t10?,11-,12-,13?,14+/m0/s1. The molecule has 0 amide bonds. The molecule has 2 N–H and O–H groups in total. The molecule has 8 nitrogen and oxygen atoms in total. The zero-order valence-electron chi connectivity index (χ0n) is 13.3. The first kappa shape index (κ1) is 19.2. The van der Waals surface area contributed by atoms with Gasteiger partial charge in [-0.25, -0.2) is 0 Å². The first-order valence-electron chi connectivity index (χ1n) is 7.90. The Bertz CT molecular complexity index is 351. The highest BCUT2D eigenvalue weighted by Gasteiger charge is 2.45. The Labute approximate surface area is 131 Å². The van der Waals surface area contributed by atoms with E-state index in [4.69, 9.17) is 19.7 Å². The van der Waals surface area contributed by atoms with Gasteiger partial charge in [0, 0.05) is 18.1 Å². The molecule has 8 heteroatoms. The first-order chi connectivity index (χ1) is 10.7. The van der Waals surface area contributed by atoms with E-state index in [1.165, 1.54) is 0 Å². The van der Waals surface area contributed by atoms with Crippen LogP contribution in [-0.4, -0.2) is 60.7 Å². The summed E-state index contributed by atoms with van der Waals surface area (Å²) in [5, 5.41) is 23.5. The third kappa shape index (κ3) is 5.72. The number of rotatable bonds is 10. The maximum atomic E-state index is 10.0. The van der Waals surface area contributed by atoms with E-state index in [0.717, 1.165) is 25.7 Å². The zero-order valence-corrected chi connectivity index (χ0v) is 13.3. The maximum absolute atomic E-state index is 10.0. The molecule has 1 rings (SSSR count). The van der Waals surface area contributed by atoms with Crippen LogP contribution >= 0.6 is 0 Å². The molecule has 1 saturated heterocycles. The highest BCUT2D eigenvalue weighted by Crippen LogP contribution is 2.25. The monoisotopic (exact) mass is 317 g/mol. The molecule has 1 aliphatic rings. The van der Waals surface area contributed by atoms with Gasteiger partial charge in [-0.2, -0.15) is 0 Å². The highest BCUT2D eigenvalue weighted by atomic mass is 16.6. The highest BCUT2D eigenvalue weighted by molar-refractivity contribution is 4.95. The molecule has 5 atom stereocenters. The van der Waals surface area contributed by atoms with E-state index < -0.39 is 30.6 Å².